The summed E-state index contributed by atoms with van der Waals surface area (Å²) in [5.41, 5.74) is 1.10. The molecule has 13 heavy (non-hydrogen) atoms. The van der Waals surface area contributed by atoms with E-state index >= 15 is 0 Å². The van der Waals surface area contributed by atoms with E-state index in [2.05, 4.69) is 18.6 Å². The lowest BCUT2D eigenvalue weighted by atomic mass is 9.98. The molecule has 0 aliphatic rings. The van der Waals surface area contributed by atoms with E-state index in [0.717, 1.165) is 5.75 Å². The van der Waals surface area contributed by atoms with Crippen molar-refractivity contribution in [1.82, 2.24) is 0 Å². The first kappa shape index (κ1) is 10.1. The van der Waals surface area contributed by atoms with Crippen molar-refractivity contribution in [3.05, 3.63) is 29.8 Å². The normalized spacial score (nSPS) is 11.4. The van der Waals surface area contributed by atoms with Crippen molar-refractivity contribution >= 4 is 0 Å². The van der Waals surface area contributed by atoms with Gasteiger partial charge in [0.25, 0.3) is 0 Å². The molecule has 0 heterocycles. The highest BCUT2D eigenvalue weighted by atomic mass is 16.5. The molecule has 0 amide bonds. The molecule has 0 bridgehead atoms. The van der Waals surface area contributed by atoms with Crippen molar-refractivity contribution < 1.29 is 9.47 Å². The van der Waals surface area contributed by atoms with Crippen LogP contribution in [-0.4, -0.2) is 19.0 Å². The Hall–Kier alpha value is -1.02. The van der Waals surface area contributed by atoms with Crippen molar-refractivity contribution in [2.75, 3.05) is 14.2 Å². The van der Waals surface area contributed by atoms with Crippen molar-refractivity contribution in [1.29, 1.82) is 0 Å². The van der Waals surface area contributed by atoms with Crippen LogP contribution in [0.2, 0.25) is 0 Å². The maximum Gasteiger partial charge on any atom is 0.184 e. The summed E-state index contributed by atoms with van der Waals surface area (Å²) in [6.07, 6.45) is 0. The molecule has 0 aliphatic heterocycles. The summed E-state index contributed by atoms with van der Waals surface area (Å²) in [4.78, 5) is 0. The van der Waals surface area contributed by atoms with E-state index in [-0.39, 0.29) is 5.60 Å². The van der Waals surface area contributed by atoms with E-state index in [0.29, 0.717) is 0 Å². The van der Waals surface area contributed by atoms with Crippen LogP contribution < -0.4 is 4.74 Å². The number of aliphatic hydroxyl groups is 2. The van der Waals surface area contributed by atoms with E-state index in [9.17, 15) is 0 Å². The smallest absolute Gasteiger partial charge is 0.184 e. The lowest BCUT2D eigenvalue weighted by molar-refractivity contribution is -0.132. The third kappa shape index (κ3) is 2.22. The van der Waals surface area contributed by atoms with Gasteiger partial charge < -0.3 is 9.47 Å². The van der Waals surface area contributed by atoms with Gasteiger partial charge in [-0.05, 0) is 24.3 Å². The van der Waals surface area contributed by atoms with Gasteiger partial charge in [-0.15, -0.1) is 0 Å². The second kappa shape index (κ2) is 3.79. The van der Waals surface area contributed by atoms with Crippen LogP contribution in [0.1, 0.15) is 19.4 Å². The van der Waals surface area contributed by atoms with Crippen LogP contribution in [0, 0.1) is 0 Å². The quantitative estimate of drug-likeness (QED) is 0.654. The van der Waals surface area contributed by atoms with E-state index < -0.39 is 0 Å². The van der Waals surface area contributed by atoms with E-state index in [4.69, 9.17) is 4.74 Å². The molecule has 0 aliphatic carbocycles. The molecule has 0 spiro atoms. The molecule has 0 radical (unpaired) electrons. The average Bonchev–Trinajstić information content (AvgIpc) is 2.18. The first-order chi connectivity index (χ1) is 6.10. The summed E-state index contributed by atoms with van der Waals surface area (Å²) >= 11 is 0. The standard InChI is InChI=1S/C11H16O2/c1-11(2,13-4)9-5-7-10(12-3)8-6-9/h5-8H,1-4H3/p+1. The maximum absolute atomic E-state index is 5.08. The Kier molecular flexibility index (Phi) is 2.94. The van der Waals surface area contributed by atoms with E-state index in [1.165, 1.54) is 5.56 Å². The van der Waals surface area contributed by atoms with Crippen molar-refractivity contribution in [3.8, 4) is 5.75 Å². The molecule has 1 aromatic carbocycles. The Morgan fingerprint density at radius 1 is 1.15 bits per heavy atom. The number of hydrogen-bond donors (Lipinski definition) is 0. The second-order valence-corrected chi connectivity index (χ2v) is 3.51. The van der Waals surface area contributed by atoms with Crippen molar-refractivity contribution in [3.63, 3.8) is 0 Å². The predicted octanol–water partition coefficient (Wildman–Crippen LogP) is 2.09. The van der Waals surface area contributed by atoms with Crippen LogP contribution >= 0.6 is 0 Å². The minimum Gasteiger partial charge on any atom is -0.497 e. The van der Waals surface area contributed by atoms with Crippen LogP contribution in [0.5, 0.6) is 5.75 Å². The molecule has 1 N–H and O–H groups in total. The fourth-order valence-corrected chi connectivity index (χ4v) is 1.13. The lowest BCUT2D eigenvalue weighted by Gasteiger charge is -2.19. The summed E-state index contributed by atoms with van der Waals surface area (Å²) in [5.74, 6) is 0.885. The summed E-state index contributed by atoms with van der Waals surface area (Å²) in [5, 5.41) is 0. The zero-order chi connectivity index (χ0) is 9.90. The van der Waals surface area contributed by atoms with Gasteiger partial charge in [0.05, 0.1) is 7.11 Å². The summed E-state index contributed by atoms with van der Waals surface area (Å²) < 4.78 is 9.39. The van der Waals surface area contributed by atoms with Crippen molar-refractivity contribution in [2.45, 2.75) is 19.4 Å². The summed E-state index contributed by atoms with van der Waals surface area (Å²) in [6, 6.07) is 8.02. The Balaban J connectivity index is 2.92. The van der Waals surface area contributed by atoms with Gasteiger partial charge in [-0.2, -0.15) is 0 Å². The zero-order valence-electron chi connectivity index (χ0n) is 8.66. The molecule has 0 atom stereocenters. The van der Waals surface area contributed by atoms with Gasteiger partial charge in [-0.3, -0.25) is 0 Å². The second-order valence-electron chi connectivity index (χ2n) is 3.51. The number of benzene rings is 1. The molecular weight excluding hydrogens is 164 g/mol. The third-order valence-corrected chi connectivity index (χ3v) is 2.36. The molecular formula is C11H17O2+. The van der Waals surface area contributed by atoms with Gasteiger partial charge in [0.1, 0.15) is 12.9 Å². The number of ether oxygens (including phenoxy) is 2. The Labute approximate surface area is 79.5 Å². The van der Waals surface area contributed by atoms with Gasteiger partial charge in [0.15, 0.2) is 5.60 Å². The number of hydrogen-bond acceptors (Lipinski definition) is 1. The van der Waals surface area contributed by atoms with Crippen molar-refractivity contribution in [2.24, 2.45) is 0 Å². The predicted molar refractivity (Wildman–Crippen MR) is 54.2 cm³/mol. The summed E-state index contributed by atoms with van der Waals surface area (Å²) in [7, 11) is 3.51. The SMILES string of the molecule is COc1ccc(C(C)(C)[OH+]C)cc1. The Morgan fingerprint density at radius 3 is 2.08 bits per heavy atom. The van der Waals surface area contributed by atoms with Gasteiger partial charge >= 0.3 is 0 Å². The first-order valence-electron chi connectivity index (χ1n) is 4.35. The maximum atomic E-state index is 5.08. The van der Waals surface area contributed by atoms with Crippen LogP contribution in [-0.2, 0) is 5.60 Å². The number of rotatable bonds is 3. The molecule has 0 aromatic heterocycles. The van der Waals surface area contributed by atoms with Gasteiger partial charge in [-0.1, -0.05) is 0 Å². The minimum absolute atomic E-state index is 0.105. The minimum atomic E-state index is -0.105. The highest BCUT2D eigenvalue weighted by Crippen LogP contribution is 2.23. The zero-order valence-corrected chi connectivity index (χ0v) is 8.66. The van der Waals surface area contributed by atoms with E-state index in [1.54, 1.807) is 7.11 Å². The fourth-order valence-electron chi connectivity index (χ4n) is 1.13. The molecule has 72 valence electrons. The van der Waals surface area contributed by atoms with Gasteiger partial charge in [0, 0.05) is 19.4 Å². The molecule has 0 unspecified atom stereocenters. The monoisotopic (exact) mass is 181 g/mol. The van der Waals surface area contributed by atoms with Crippen LogP contribution in [0.4, 0.5) is 0 Å². The average molecular weight is 181 g/mol. The van der Waals surface area contributed by atoms with Gasteiger partial charge in [0.2, 0.25) is 0 Å². The van der Waals surface area contributed by atoms with Crippen LogP contribution in [0.15, 0.2) is 24.3 Å². The Morgan fingerprint density at radius 2 is 1.69 bits per heavy atom. The first-order valence-corrected chi connectivity index (χ1v) is 4.35. The van der Waals surface area contributed by atoms with E-state index in [1.807, 2.05) is 31.4 Å². The van der Waals surface area contributed by atoms with Crippen LogP contribution in [0.25, 0.3) is 0 Å². The highest BCUT2D eigenvalue weighted by molar-refractivity contribution is 5.30. The third-order valence-electron chi connectivity index (χ3n) is 2.36. The largest absolute Gasteiger partial charge is 0.497 e. The fraction of sp³-hybridized carbons (Fsp3) is 0.455. The lowest BCUT2D eigenvalue weighted by Crippen LogP contribution is -2.22. The highest BCUT2D eigenvalue weighted by Gasteiger charge is 2.23. The van der Waals surface area contributed by atoms with Gasteiger partial charge in [-0.25, -0.2) is 0 Å². The van der Waals surface area contributed by atoms with Crippen LogP contribution in [0.3, 0.4) is 0 Å². The molecule has 0 saturated carbocycles. The molecule has 2 nitrogen and oxygen atoms in total. The molecule has 0 fully saturated rings. The summed E-state index contributed by atoms with van der Waals surface area (Å²) in [6.45, 7) is 4.18. The Bertz CT molecular complexity index is 262. The number of methoxy groups -OCH3 is 1. The molecule has 1 rings (SSSR count). The molecule has 0 saturated heterocycles. The topological polar surface area (TPSA) is 22.0 Å². The molecule has 1 aromatic rings. The molecule has 2 heteroatoms.